The van der Waals surface area contributed by atoms with E-state index in [0.29, 0.717) is 39.3 Å². The molecule has 0 saturated carbocycles. The normalized spacial score (nSPS) is 10.9. The molecule has 7 nitrogen and oxygen atoms in total. The Hall–Kier alpha value is -4.52. The lowest BCUT2D eigenvalue weighted by Gasteiger charge is -2.12. The predicted molar refractivity (Wildman–Crippen MR) is 129 cm³/mol. The lowest BCUT2D eigenvalue weighted by molar-refractivity contribution is -0.128. The molecule has 0 spiro atoms. The second kappa shape index (κ2) is 9.95. The van der Waals surface area contributed by atoms with E-state index in [-0.39, 0.29) is 11.2 Å². The zero-order valence-corrected chi connectivity index (χ0v) is 18.9. The van der Waals surface area contributed by atoms with Gasteiger partial charge in [-0.15, -0.1) is 0 Å². The minimum absolute atomic E-state index is 0.160. The van der Waals surface area contributed by atoms with E-state index in [2.05, 4.69) is 0 Å². The Labute approximate surface area is 195 Å². The van der Waals surface area contributed by atoms with E-state index in [1.165, 1.54) is 39.7 Å². The molecule has 0 bridgehead atoms. The second-order valence-electron chi connectivity index (χ2n) is 7.22. The van der Waals surface area contributed by atoms with Crippen molar-refractivity contribution in [2.75, 3.05) is 21.3 Å². The molecule has 0 radical (unpaired) electrons. The third-order valence-electron chi connectivity index (χ3n) is 5.15. The van der Waals surface area contributed by atoms with E-state index in [9.17, 15) is 9.59 Å². The van der Waals surface area contributed by atoms with Crippen LogP contribution >= 0.6 is 0 Å². The first kappa shape index (κ1) is 22.7. The molecule has 7 heteroatoms. The van der Waals surface area contributed by atoms with Crippen LogP contribution in [0.1, 0.15) is 5.56 Å². The van der Waals surface area contributed by atoms with E-state index in [1.807, 2.05) is 30.3 Å². The van der Waals surface area contributed by atoms with Crippen molar-refractivity contribution in [3.63, 3.8) is 0 Å². The summed E-state index contributed by atoms with van der Waals surface area (Å²) < 4.78 is 27.0. The molecule has 0 aliphatic heterocycles. The Kier molecular flexibility index (Phi) is 6.64. The predicted octanol–water partition coefficient (Wildman–Crippen LogP) is 5.10. The Balaban J connectivity index is 1.54. The molecule has 0 amide bonds. The molecule has 0 unspecified atom stereocenters. The molecule has 1 aromatic heterocycles. The summed E-state index contributed by atoms with van der Waals surface area (Å²) in [5.41, 5.74) is 2.05. The molecule has 1 heterocycles. The highest BCUT2D eigenvalue weighted by atomic mass is 16.5. The van der Waals surface area contributed by atoms with Gasteiger partial charge in [0.1, 0.15) is 17.6 Å². The Morgan fingerprint density at radius 2 is 1.59 bits per heavy atom. The highest BCUT2D eigenvalue weighted by molar-refractivity contribution is 5.90. The second-order valence-corrected chi connectivity index (χ2v) is 7.22. The van der Waals surface area contributed by atoms with Crippen molar-refractivity contribution in [1.29, 1.82) is 0 Å². The maximum Gasteiger partial charge on any atom is 0.336 e. The van der Waals surface area contributed by atoms with Crippen molar-refractivity contribution < 1.29 is 28.2 Å². The standard InChI is InChI=1S/C27H22O7/c1-30-23-13-17(14-24(31-2)27(23)32-3)9-12-25(28)34-19-10-11-20-22(15-19)33-16-21(26(20)29)18-7-5-4-6-8-18/h4-16H,1-3H3/b12-9+. The topological polar surface area (TPSA) is 84.2 Å². The van der Waals surface area contributed by atoms with Crippen LogP contribution in [0.2, 0.25) is 0 Å². The van der Waals surface area contributed by atoms with Crippen LogP contribution in [0, 0.1) is 0 Å². The minimum atomic E-state index is -0.601. The van der Waals surface area contributed by atoms with Crippen molar-refractivity contribution in [3.05, 3.63) is 88.8 Å². The SMILES string of the molecule is COc1cc(/C=C/C(=O)Oc2ccc3c(=O)c(-c4ccccc4)coc3c2)cc(OC)c1OC. The number of carbonyl (C=O) groups excluding carboxylic acids is 1. The third-order valence-corrected chi connectivity index (χ3v) is 5.15. The van der Waals surface area contributed by atoms with Crippen molar-refractivity contribution >= 4 is 23.0 Å². The largest absolute Gasteiger partial charge is 0.493 e. The Morgan fingerprint density at radius 3 is 2.24 bits per heavy atom. The first-order chi connectivity index (χ1) is 16.5. The molecule has 3 aromatic carbocycles. The summed E-state index contributed by atoms with van der Waals surface area (Å²) in [6, 6.07) is 17.3. The summed E-state index contributed by atoms with van der Waals surface area (Å²) in [7, 11) is 4.54. The molecular weight excluding hydrogens is 436 g/mol. The average molecular weight is 458 g/mol. The van der Waals surface area contributed by atoms with Crippen LogP contribution < -0.4 is 24.4 Å². The van der Waals surface area contributed by atoms with Gasteiger partial charge in [-0.1, -0.05) is 30.3 Å². The molecule has 34 heavy (non-hydrogen) atoms. The molecule has 0 aliphatic carbocycles. The van der Waals surface area contributed by atoms with Gasteiger partial charge in [0.05, 0.1) is 32.3 Å². The van der Waals surface area contributed by atoms with E-state index in [0.717, 1.165) is 5.56 Å². The summed E-state index contributed by atoms with van der Waals surface area (Å²) in [6.07, 6.45) is 4.26. The maximum atomic E-state index is 12.9. The monoisotopic (exact) mass is 458 g/mol. The van der Waals surface area contributed by atoms with E-state index in [4.69, 9.17) is 23.4 Å². The van der Waals surface area contributed by atoms with Gasteiger partial charge in [-0.3, -0.25) is 4.79 Å². The number of hydrogen-bond acceptors (Lipinski definition) is 7. The van der Waals surface area contributed by atoms with Gasteiger partial charge in [-0.25, -0.2) is 4.79 Å². The fraction of sp³-hybridized carbons (Fsp3) is 0.111. The van der Waals surface area contributed by atoms with Gasteiger partial charge in [0.2, 0.25) is 5.75 Å². The number of hydrogen-bond donors (Lipinski definition) is 0. The summed E-state index contributed by atoms with van der Waals surface area (Å²) in [5.74, 6) is 1.04. The molecule has 0 fully saturated rings. The van der Waals surface area contributed by atoms with E-state index >= 15 is 0 Å². The van der Waals surface area contributed by atoms with Crippen molar-refractivity contribution in [2.24, 2.45) is 0 Å². The number of methoxy groups -OCH3 is 3. The molecule has 4 rings (SSSR count). The molecule has 0 atom stereocenters. The van der Waals surface area contributed by atoms with Crippen LogP contribution in [0.15, 0.2) is 82.2 Å². The molecule has 4 aromatic rings. The maximum absolute atomic E-state index is 12.9. The summed E-state index contributed by atoms with van der Waals surface area (Å²) in [6.45, 7) is 0. The molecular formula is C27H22O7. The number of esters is 1. The average Bonchev–Trinajstić information content (AvgIpc) is 2.87. The zero-order valence-electron chi connectivity index (χ0n) is 18.9. The highest BCUT2D eigenvalue weighted by Crippen LogP contribution is 2.38. The minimum Gasteiger partial charge on any atom is -0.493 e. The van der Waals surface area contributed by atoms with Gasteiger partial charge < -0.3 is 23.4 Å². The van der Waals surface area contributed by atoms with Crippen molar-refractivity contribution in [1.82, 2.24) is 0 Å². The lowest BCUT2D eigenvalue weighted by Crippen LogP contribution is -2.06. The van der Waals surface area contributed by atoms with E-state index < -0.39 is 5.97 Å². The van der Waals surface area contributed by atoms with Crippen LogP contribution in [0.5, 0.6) is 23.0 Å². The smallest absolute Gasteiger partial charge is 0.336 e. The molecule has 0 saturated heterocycles. The van der Waals surface area contributed by atoms with Gasteiger partial charge in [0.15, 0.2) is 16.9 Å². The summed E-state index contributed by atoms with van der Waals surface area (Å²) >= 11 is 0. The number of ether oxygens (including phenoxy) is 4. The number of benzene rings is 3. The fourth-order valence-electron chi connectivity index (χ4n) is 3.50. The van der Waals surface area contributed by atoms with Crippen LogP contribution in [-0.2, 0) is 4.79 Å². The van der Waals surface area contributed by atoms with Gasteiger partial charge in [0.25, 0.3) is 0 Å². The lowest BCUT2D eigenvalue weighted by atomic mass is 10.1. The van der Waals surface area contributed by atoms with E-state index in [1.54, 1.807) is 30.3 Å². The van der Waals surface area contributed by atoms with Gasteiger partial charge in [-0.2, -0.15) is 0 Å². The first-order valence-corrected chi connectivity index (χ1v) is 10.3. The van der Waals surface area contributed by atoms with Gasteiger partial charge in [0, 0.05) is 12.1 Å². The fourth-order valence-corrected chi connectivity index (χ4v) is 3.50. The first-order valence-electron chi connectivity index (χ1n) is 10.3. The zero-order chi connectivity index (χ0) is 24.1. The highest BCUT2D eigenvalue weighted by Gasteiger charge is 2.13. The Bertz CT molecular complexity index is 1390. The van der Waals surface area contributed by atoms with Crippen LogP contribution in [0.4, 0.5) is 0 Å². The van der Waals surface area contributed by atoms with Crippen LogP contribution in [0.25, 0.3) is 28.2 Å². The van der Waals surface area contributed by atoms with Gasteiger partial charge >= 0.3 is 5.97 Å². The molecule has 0 aliphatic rings. The number of fused-ring (bicyclic) bond motifs is 1. The number of rotatable bonds is 7. The van der Waals surface area contributed by atoms with Crippen LogP contribution in [-0.4, -0.2) is 27.3 Å². The molecule has 172 valence electrons. The Morgan fingerprint density at radius 1 is 0.882 bits per heavy atom. The molecule has 0 N–H and O–H groups in total. The van der Waals surface area contributed by atoms with Crippen molar-refractivity contribution in [3.8, 4) is 34.1 Å². The summed E-state index contributed by atoms with van der Waals surface area (Å²) in [5, 5.41) is 0.397. The van der Waals surface area contributed by atoms with Crippen LogP contribution in [0.3, 0.4) is 0 Å². The summed E-state index contributed by atoms with van der Waals surface area (Å²) in [4.78, 5) is 25.2. The van der Waals surface area contributed by atoms with Crippen molar-refractivity contribution in [2.45, 2.75) is 0 Å². The third kappa shape index (κ3) is 4.63. The van der Waals surface area contributed by atoms with Gasteiger partial charge in [-0.05, 0) is 41.5 Å². The number of carbonyl (C=O) groups is 1. The quantitative estimate of drug-likeness (QED) is 0.216.